The number of alkyl halides is 3. The van der Waals surface area contributed by atoms with E-state index in [1.165, 1.54) is 0 Å². The molecule has 10 heavy (non-hydrogen) atoms. The van der Waals surface area contributed by atoms with Gasteiger partial charge in [0.05, 0.1) is 0 Å². The normalized spacial score (nSPS) is 18.9. The van der Waals surface area contributed by atoms with E-state index in [9.17, 15) is 0 Å². The van der Waals surface area contributed by atoms with Gasteiger partial charge in [-0.05, 0) is 18.4 Å². The molecule has 56 valence electrons. The lowest BCUT2D eigenvalue weighted by Crippen LogP contribution is -2.07. The fourth-order valence-corrected chi connectivity index (χ4v) is 1.31. The van der Waals surface area contributed by atoms with Gasteiger partial charge in [0.15, 0.2) is 0 Å². The van der Waals surface area contributed by atoms with Gasteiger partial charge in [-0.25, -0.2) is 0 Å². The van der Waals surface area contributed by atoms with Crippen LogP contribution in [0.1, 0.15) is 12.8 Å². The highest BCUT2D eigenvalue weighted by Gasteiger charge is 2.25. The van der Waals surface area contributed by atoms with E-state index in [1.54, 1.807) is 0 Å². The van der Waals surface area contributed by atoms with E-state index in [4.69, 9.17) is 34.8 Å². The molecule has 0 aromatic rings. The van der Waals surface area contributed by atoms with E-state index in [0.717, 1.165) is 18.4 Å². The summed E-state index contributed by atoms with van der Waals surface area (Å²) in [5.41, 5.74) is 0.875. The van der Waals surface area contributed by atoms with Gasteiger partial charge in [-0.1, -0.05) is 53.0 Å². The summed E-state index contributed by atoms with van der Waals surface area (Å²) in [5, 5.41) is 0. The molecule has 0 nitrogen and oxygen atoms in total. The molecular weight excluding hydrogens is 190 g/mol. The van der Waals surface area contributed by atoms with E-state index in [1.807, 2.05) is 12.2 Å². The van der Waals surface area contributed by atoms with Gasteiger partial charge in [-0.2, -0.15) is 0 Å². The third-order valence-corrected chi connectivity index (χ3v) is 2.11. The van der Waals surface area contributed by atoms with E-state index in [0.29, 0.717) is 0 Å². The van der Waals surface area contributed by atoms with Crippen LogP contribution in [0.15, 0.2) is 23.8 Å². The highest BCUT2D eigenvalue weighted by molar-refractivity contribution is 6.69. The molecule has 0 radical (unpaired) electrons. The first-order valence-electron chi connectivity index (χ1n) is 3.03. The van der Waals surface area contributed by atoms with E-state index >= 15 is 0 Å². The maximum atomic E-state index is 5.64. The van der Waals surface area contributed by atoms with Gasteiger partial charge in [-0.3, -0.25) is 0 Å². The molecule has 0 aromatic heterocycles. The second-order valence-electron chi connectivity index (χ2n) is 2.16. The highest BCUT2D eigenvalue weighted by Crippen LogP contribution is 2.38. The Morgan fingerprint density at radius 2 is 2.00 bits per heavy atom. The van der Waals surface area contributed by atoms with Crippen molar-refractivity contribution in [2.75, 3.05) is 0 Å². The van der Waals surface area contributed by atoms with Crippen LogP contribution in [-0.4, -0.2) is 3.79 Å². The largest absolute Gasteiger partial charge is 0.212 e. The van der Waals surface area contributed by atoms with Crippen LogP contribution in [0, 0.1) is 0 Å². The summed E-state index contributed by atoms with van der Waals surface area (Å²) in [6.45, 7) is 0. The van der Waals surface area contributed by atoms with E-state index in [2.05, 4.69) is 6.08 Å². The van der Waals surface area contributed by atoms with Gasteiger partial charge < -0.3 is 0 Å². The SMILES string of the molecule is ClC(Cl)(Cl)C1=CC=CCC1. The molecule has 0 bridgehead atoms. The highest BCUT2D eigenvalue weighted by atomic mass is 35.6. The smallest absolute Gasteiger partial charge is 0.0842 e. The Labute approximate surface area is 75.5 Å². The summed E-state index contributed by atoms with van der Waals surface area (Å²) in [5.74, 6) is 0. The average molecular weight is 197 g/mol. The first-order chi connectivity index (χ1) is 4.61. The lowest BCUT2D eigenvalue weighted by Gasteiger charge is -2.16. The van der Waals surface area contributed by atoms with Crippen molar-refractivity contribution in [2.24, 2.45) is 0 Å². The van der Waals surface area contributed by atoms with Gasteiger partial charge in [0, 0.05) is 0 Å². The number of hydrogen-bond donors (Lipinski definition) is 0. The first-order valence-corrected chi connectivity index (χ1v) is 4.17. The predicted molar refractivity (Wildman–Crippen MR) is 46.7 cm³/mol. The Morgan fingerprint density at radius 3 is 2.30 bits per heavy atom. The van der Waals surface area contributed by atoms with E-state index < -0.39 is 3.79 Å². The molecule has 0 saturated heterocycles. The van der Waals surface area contributed by atoms with Crippen LogP contribution >= 0.6 is 34.8 Å². The van der Waals surface area contributed by atoms with Crippen molar-refractivity contribution in [3.63, 3.8) is 0 Å². The summed E-state index contributed by atoms with van der Waals surface area (Å²) >= 11 is 16.9. The minimum absolute atomic E-state index is 0.854. The number of allylic oxidation sites excluding steroid dienone is 4. The molecule has 0 N–H and O–H groups in total. The van der Waals surface area contributed by atoms with Crippen molar-refractivity contribution in [1.82, 2.24) is 0 Å². The number of hydrogen-bond acceptors (Lipinski definition) is 0. The summed E-state index contributed by atoms with van der Waals surface area (Å²) in [6.07, 6.45) is 7.66. The fraction of sp³-hybridized carbons (Fsp3) is 0.429. The van der Waals surface area contributed by atoms with Crippen LogP contribution in [0.4, 0.5) is 0 Å². The minimum Gasteiger partial charge on any atom is -0.0842 e. The maximum Gasteiger partial charge on any atom is 0.212 e. The van der Waals surface area contributed by atoms with Crippen molar-refractivity contribution in [3.05, 3.63) is 23.8 Å². The molecule has 1 rings (SSSR count). The first kappa shape index (κ1) is 8.45. The topological polar surface area (TPSA) is 0 Å². The fourth-order valence-electron chi connectivity index (χ4n) is 0.839. The summed E-state index contributed by atoms with van der Waals surface area (Å²) in [4.78, 5) is 0. The molecule has 0 aliphatic heterocycles. The second-order valence-corrected chi connectivity index (χ2v) is 4.44. The molecule has 0 aromatic carbocycles. The average Bonchev–Trinajstić information content (AvgIpc) is 1.88. The molecule has 1 aliphatic carbocycles. The van der Waals surface area contributed by atoms with Gasteiger partial charge in [0.25, 0.3) is 0 Å². The number of halogens is 3. The lowest BCUT2D eigenvalue weighted by atomic mass is 10.1. The van der Waals surface area contributed by atoms with Crippen molar-refractivity contribution in [2.45, 2.75) is 16.6 Å². The van der Waals surface area contributed by atoms with Crippen LogP contribution in [0.2, 0.25) is 0 Å². The van der Waals surface area contributed by atoms with Crippen molar-refractivity contribution in [1.29, 1.82) is 0 Å². The van der Waals surface area contributed by atoms with Crippen molar-refractivity contribution >= 4 is 34.8 Å². The molecule has 0 unspecified atom stereocenters. The third-order valence-electron chi connectivity index (χ3n) is 1.38. The molecule has 0 heterocycles. The third kappa shape index (κ3) is 2.19. The molecule has 0 saturated carbocycles. The molecule has 0 amide bonds. The van der Waals surface area contributed by atoms with Gasteiger partial charge in [0.2, 0.25) is 3.79 Å². The van der Waals surface area contributed by atoms with Crippen LogP contribution < -0.4 is 0 Å². The van der Waals surface area contributed by atoms with Crippen molar-refractivity contribution in [3.8, 4) is 0 Å². The number of rotatable bonds is 0. The molecule has 0 spiro atoms. The van der Waals surface area contributed by atoms with E-state index in [-0.39, 0.29) is 0 Å². The van der Waals surface area contributed by atoms with Crippen LogP contribution in [-0.2, 0) is 0 Å². The van der Waals surface area contributed by atoms with Crippen LogP contribution in [0.25, 0.3) is 0 Å². The molecular formula is C7H7Cl3. The quantitative estimate of drug-likeness (QED) is 0.520. The zero-order chi connectivity index (χ0) is 7.61. The maximum absolute atomic E-state index is 5.64. The summed E-state index contributed by atoms with van der Waals surface area (Å²) < 4.78 is -1.20. The van der Waals surface area contributed by atoms with Crippen LogP contribution in [0.5, 0.6) is 0 Å². The van der Waals surface area contributed by atoms with Gasteiger partial charge in [0.1, 0.15) is 0 Å². The molecule has 0 fully saturated rings. The molecule has 3 heteroatoms. The van der Waals surface area contributed by atoms with Gasteiger partial charge in [-0.15, -0.1) is 0 Å². The Balaban J connectivity index is 2.72. The Bertz CT molecular complexity index is 174. The van der Waals surface area contributed by atoms with Crippen molar-refractivity contribution < 1.29 is 0 Å². The standard InChI is InChI=1S/C7H7Cl3/c8-7(9,10)6-4-2-1-3-5-6/h1-2,4H,3,5H2. The van der Waals surface area contributed by atoms with Crippen LogP contribution in [0.3, 0.4) is 0 Å². The zero-order valence-electron chi connectivity index (χ0n) is 5.28. The van der Waals surface area contributed by atoms with Gasteiger partial charge >= 0.3 is 0 Å². The summed E-state index contributed by atoms with van der Waals surface area (Å²) in [7, 11) is 0. The zero-order valence-corrected chi connectivity index (χ0v) is 7.55. The minimum atomic E-state index is -1.20. The Morgan fingerprint density at radius 1 is 1.30 bits per heavy atom. The predicted octanol–water partition coefficient (Wildman–Crippen LogP) is 3.63. The Kier molecular flexibility index (Phi) is 2.67. The lowest BCUT2D eigenvalue weighted by molar-refractivity contribution is 0.930. The summed E-state index contributed by atoms with van der Waals surface area (Å²) in [6, 6.07) is 0. The molecule has 1 aliphatic rings. The monoisotopic (exact) mass is 196 g/mol. The molecule has 0 atom stereocenters. The Hall–Kier alpha value is 0.350. The second kappa shape index (κ2) is 3.17.